The van der Waals surface area contributed by atoms with E-state index in [4.69, 9.17) is 0 Å². The Bertz CT molecular complexity index is 479. The van der Waals surface area contributed by atoms with Gasteiger partial charge in [0.2, 0.25) is 0 Å². The van der Waals surface area contributed by atoms with Gasteiger partial charge in [-0.05, 0) is 31.0 Å². The van der Waals surface area contributed by atoms with E-state index in [0.717, 1.165) is 17.8 Å². The molecule has 3 nitrogen and oxygen atoms in total. The first-order valence-corrected chi connectivity index (χ1v) is 6.25. The molecule has 1 atom stereocenters. The lowest BCUT2D eigenvalue weighted by Gasteiger charge is -2.01. The van der Waals surface area contributed by atoms with Gasteiger partial charge >= 0.3 is 0 Å². The molecule has 1 heterocycles. The number of aryl methyl sites for hydroxylation is 1. The first kappa shape index (κ1) is 11.3. The molecule has 1 aromatic heterocycles. The Hall–Kier alpha value is -1.16. The van der Waals surface area contributed by atoms with Crippen LogP contribution in [-0.4, -0.2) is 15.0 Å². The van der Waals surface area contributed by atoms with Crippen molar-refractivity contribution in [3.63, 3.8) is 0 Å². The van der Waals surface area contributed by atoms with Gasteiger partial charge in [0.05, 0.1) is 22.4 Å². The van der Waals surface area contributed by atoms with Crippen molar-refractivity contribution in [3.8, 4) is 5.69 Å². The van der Waals surface area contributed by atoms with E-state index in [1.807, 2.05) is 23.0 Å². The van der Waals surface area contributed by atoms with Crippen LogP contribution in [0.3, 0.4) is 0 Å². The number of halogens is 1. The monoisotopic (exact) mass is 279 g/mol. The topological polar surface area (TPSA) is 30.7 Å². The van der Waals surface area contributed by atoms with Crippen LogP contribution in [0.1, 0.15) is 29.4 Å². The maximum Gasteiger partial charge on any atom is 0.0967 e. The molecule has 0 aliphatic rings. The van der Waals surface area contributed by atoms with Crippen LogP contribution >= 0.6 is 15.9 Å². The number of benzene rings is 1. The second-order valence-corrected chi connectivity index (χ2v) is 4.91. The molecule has 1 unspecified atom stereocenters. The molecule has 16 heavy (non-hydrogen) atoms. The Kier molecular flexibility index (Phi) is 3.39. The van der Waals surface area contributed by atoms with Gasteiger partial charge in [0, 0.05) is 0 Å². The minimum Gasteiger partial charge on any atom is -0.220 e. The average molecular weight is 280 g/mol. The quantitative estimate of drug-likeness (QED) is 0.806. The van der Waals surface area contributed by atoms with E-state index in [0.29, 0.717) is 0 Å². The van der Waals surface area contributed by atoms with Gasteiger partial charge < -0.3 is 0 Å². The van der Waals surface area contributed by atoms with Crippen molar-refractivity contribution in [2.75, 3.05) is 0 Å². The van der Waals surface area contributed by atoms with Gasteiger partial charge in [-0.3, -0.25) is 0 Å². The molecular weight excluding hydrogens is 266 g/mol. The van der Waals surface area contributed by atoms with Crippen molar-refractivity contribution in [2.24, 2.45) is 0 Å². The summed E-state index contributed by atoms with van der Waals surface area (Å²) >= 11 is 3.57. The minimum atomic E-state index is 0.283. The van der Waals surface area contributed by atoms with Crippen molar-refractivity contribution >= 4 is 15.9 Å². The van der Waals surface area contributed by atoms with Gasteiger partial charge in [0.15, 0.2) is 0 Å². The molecule has 0 radical (unpaired) electrons. The van der Waals surface area contributed by atoms with Crippen LogP contribution in [0.5, 0.6) is 0 Å². The predicted octanol–water partition coefficient (Wildman–Crippen LogP) is 3.42. The highest BCUT2D eigenvalue weighted by Crippen LogP contribution is 2.24. The van der Waals surface area contributed by atoms with Crippen molar-refractivity contribution in [1.82, 2.24) is 15.0 Å². The fourth-order valence-electron chi connectivity index (χ4n) is 1.53. The van der Waals surface area contributed by atoms with Crippen LogP contribution in [0.2, 0.25) is 0 Å². The standard InChI is InChI=1S/C12H14BrN3/c1-3-11(13)12-8-16(15-14-12)10-6-4-5-9(2)7-10/h4-8,11H,3H2,1-2H3. The van der Waals surface area contributed by atoms with Gasteiger partial charge in [-0.25, -0.2) is 4.68 Å². The molecule has 0 saturated carbocycles. The molecule has 0 bridgehead atoms. The van der Waals surface area contributed by atoms with E-state index in [1.165, 1.54) is 5.56 Å². The Morgan fingerprint density at radius 3 is 2.94 bits per heavy atom. The third-order valence-corrected chi connectivity index (χ3v) is 3.57. The summed E-state index contributed by atoms with van der Waals surface area (Å²) in [4.78, 5) is 0.283. The zero-order chi connectivity index (χ0) is 11.5. The molecule has 84 valence electrons. The summed E-state index contributed by atoms with van der Waals surface area (Å²) in [7, 11) is 0. The molecule has 0 aliphatic carbocycles. The van der Waals surface area contributed by atoms with E-state index in [9.17, 15) is 0 Å². The van der Waals surface area contributed by atoms with Crippen LogP contribution in [-0.2, 0) is 0 Å². The zero-order valence-electron chi connectivity index (χ0n) is 9.39. The number of alkyl halides is 1. The predicted molar refractivity (Wildman–Crippen MR) is 68.1 cm³/mol. The smallest absolute Gasteiger partial charge is 0.0967 e. The summed E-state index contributed by atoms with van der Waals surface area (Å²) in [5, 5.41) is 8.29. The number of hydrogen-bond donors (Lipinski definition) is 0. The number of nitrogens with zero attached hydrogens (tertiary/aromatic N) is 3. The van der Waals surface area contributed by atoms with Crippen LogP contribution < -0.4 is 0 Å². The first-order valence-electron chi connectivity index (χ1n) is 5.34. The third kappa shape index (κ3) is 2.32. The van der Waals surface area contributed by atoms with Crippen LogP contribution in [0, 0.1) is 6.92 Å². The summed E-state index contributed by atoms with van der Waals surface area (Å²) in [6, 6.07) is 8.21. The average Bonchev–Trinajstić information content (AvgIpc) is 2.77. The highest BCUT2D eigenvalue weighted by atomic mass is 79.9. The van der Waals surface area contributed by atoms with E-state index in [2.05, 4.69) is 52.2 Å². The van der Waals surface area contributed by atoms with Crippen LogP contribution in [0.15, 0.2) is 30.5 Å². The second kappa shape index (κ2) is 4.78. The van der Waals surface area contributed by atoms with E-state index >= 15 is 0 Å². The summed E-state index contributed by atoms with van der Waals surface area (Å²) in [6.07, 6.45) is 2.98. The fourth-order valence-corrected chi connectivity index (χ4v) is 1.74. The van der Waals surface area contributed by atoms with Crippen molar-refractivity contribution < 1.29 is 0 Å². The Morgan fingerprint density at radius 2 is 2.25 bits per heavy atom. The summed E-state index contributed by atoms with van der Waals surface area (Å²) in [6.45, 7) is 4.19. The molecule has 0 N–H and O–H groups in total. The number of hydrogen-bond acceptors (Lipinski definition) is 2. The van der Waals surface area contributed by atoms with E-state index in [1.54, 1.807) is 0 Å². The Morgan fingerprint density at radius 1 is 1.44 bits per heavy atom. The third-order valence-electron chi connectivity index (χ3n) is 2.46. The number of aromatic nitrogens is 3. The van der Waals surface area contributed by atoms with Gasteiger partial charge in [0.25, 0.3) is 0 Å². The summed E-state index contributed by atoms with van der Waals surface area (Å²) in [5.74, 6) is 0. The normalized spacial score (nSPS) is 12.7. The van der Waals surface area contributed by atoms with Gasteiger partial charge in [-0.2, -0.15) is 0 Å². The maximum atomic E-state index is 4.16. The highest BCUT2D eigenvalue weighted by molar-refractivity contribution is 9.09. The van der Waals surface area contributed by atoms with Crippen LogP contribution in [0.4, 0.5) is 0 Å². The summed E-state index contributed by atoms with van der Waals surface area (Å²) < 4.78 is 1.81. The van der Waals surface area contributed by atoms with Gasteiger partial charge in [0.1, 0.15) is 0 Å². The zero-order valence-corrected chi connectivity index (χ0v) is 11.0. The lowest BCUT2D eigenvalue weighted by atomic mass is 10.2. The lowest BCUT2D eigenvalue weighted by Crippen LogP contribution is -1.94. The van der Waals surface area contributed by atoms with Gasteiger partial charge in [-0.1, -0.05) is 40.2 Å². The molecule has 0 amide bonds. The Labute approximate surface area is 104 Å². The SMILES string of the molecule is CCC(Br)c1cn(-c2cccc(C)c2)nn1. The highest BCUT2D eigenvalue weighted by Gasteiger charge is 2.10. The molecular formula is C12H14BrN3. The van der Waals surface area contributed by atoms with Crippen molar-refractivity contribution in [2.45, 2.75) is 25.1 Å². The molecule has 0 fully saturated rings. The van der Waals surface area contributed by atoms with Gasteiger partial charge in [-0.15, -0.1) is 5.10 Å². The lowest BCUT2D eigenvalue weighted by molar-refractivity contribution is 0.790. The Balaban J connectivity index is 2.31. The van der Waals surface area contributed by atoms with E-state index < -0.39 is 0 Å². The minimum absolute atomic E-state index is 0.283. The molecule has 2 rings (SSSR count). The largest absolute Gasteiger partial charge is 0.220 e. The molecule has 0 saturated heterocycles. The molecule has 4 heteroatoms. The molecule has 1 aromatic carbocycles. The fraction of sp³-hybridized carbons (Fsp3) is 0.333. The summed E-state index contributed by atoms with van der Waals surface area (Å²) in [5.41, 5.74) is 3.25. The second-order valence-electron chi connectivity index (χ2n) is 3.80. The maximum absolute atomic E-state index is 4.16. The van der Waals surface area contributed by atoms with Crippen molar-refractivity contribution in [3.05, 3.63) is 41.7 Å². The molecule has 0 aliphatic heterocycles. The molecule has 2 aromatic rings. The first-order chi connectivity index (χ1) is 7.70. The number of rotatable bonds is 3. The molecule has 0 spiro atoms. The van der Waals surface area contributed by atoms with E-state index in [-0.39, 0.29) is 4.83 Å². The van der Waals surface area contributed by atoms with Crippen molar-refractivity contribution in [1.29, 1.82) is 0 Å². The van der Waals surface area contributed by atoms with Crippen LogP contribution in [0.25, 0.3) is 5.69 Å².